The molecule has 0 aliphatic heterocycles. The van der Waals surface area contributed by atoms with Crippen molar-refractivity contribution in [2.45, 2.75) is 32.2 Å². The van der Waals surface area contributed by atoms with Crippen LogP contribution in [0.4, 0.5) is 0 Å². The topological polar surface area (TPSA) is 154 Å². The number of unbranched alkanes of at least 4 members (excludes halogenated alkanes) is 1. The van der Waals surface area contributed by atoms with Crippen LogP contribution in [-0.2, 0) is 14.3 Å². The van der Waals surface area contributed by atoms with Gasteiger partial charge in [-0.2, -0.15) is 0 Å². The van der Waals surface area contributed by atoms with Gasteiger partial charge in [-0.05, 0) is 12.8 Å². The van der Waals surface area contributed by atoms with E-state index in [4.69, 9.17) is 27.0 Å². The average Bonchev–Trinajstić information content (AvgIpc) is 2.33. The normalized spacial score (nSPS) is 13.4. The summed E-state index contributed by atoms with van der Waals surface area (Å²) in [7, 11) is 0. The molecule has 0 aromatic carbocycles. The van der Waals surface area contributed by atoms with E-state index in [-0.39, 0.29) is 25.5 Å². The summed E-state index contributed by atoms with van der Waals surface area (Å²) in [6.45, 7) is 2.22. The first-order valence-corrected chi connectivity index (χ1v) is 6.08. The summed E-state index contributed by atoms with van der Waals surface area (Å²) >= 11 is 0. The number of carboxylic acids is 1. The lowest BCUT2D eigenvalue weighted by Gasteiger charge is -2.16. The Morgan fingerprint density at radius 3 is 2.47 bits per heavy atom. The van der Waals surface area contributed by atoms with Crippen molar-refractivity contribution in [3.05, 3.63) is 0 Å². The number of nitrogens with zero attached hydrogens (tertiary/aromatic N) is 1. The summed E-state index contributed by atoms with van der Waals surface area (Å²) < 4.78 is 5.02. The monoisotopic (exact) mass is 274 g/mol. The number of aliphatic carboxylic acids is 1. The molecule has 0 spiro atoms. The molecule has 19 heavy (non-hydrogen) atoms. The first-order chi connectivity index (χ1) is 8.88. The summed E-state index contributed by atoms with van der Waals surface area (Å²) in [5.41, 5.74) is 15.8. The number of hydrogen-bond acceptors (Lipinski definition) is 5. The Morgan fingerprint density at radius 1 is 1.37 bits per heavy atom. The highest BCUT2D eigenvalue weighted by molar-refractivity contribution is 5.78. The molecule has 0 saturated heterocycles. The van der Waals surface area contributed by atoms with Crippen LogP contribution < -0.4 is 17.2 Å². The zero-order valence-electron chi connectivity index (χ0n) is 11.0. The Balaban J connectivity index is 4.51. The van der Waals surface area contributed by atoms with E-state index >= 15 is 0 Å². The molecule has 0 aromatic heterocycles. The number of aliphatic imine (C=N–C) groups is 1. The number of carbonyl (C=O) groups excluding carboxylic acids is 1. The predicted octanol–water partition coefficient (Wildman–Crippen LogP) is -0.979. The minimum absolute atomic E-state index is 0.0335. The van der Waals surface area contributed by atoms with Gasteiger partial charge in [-0.3, -0.25) is 14.6 Å². The first kappa shape index (κ1) is 17.2. The molecule has 8 heteroatoms. The van der Waals surface area contributed by atoms with Gasteiger partial charge >= 0.3 is 11.9 Å². The van der Waals surface area contributed by atoms with Crippen LogP contribution in [0.1, 0.15) is 26.2 Å². The van der Waals surface area contributed by atoms with E-state index in [0.717, 1.165) is 12.8 Å². The van der Waals surface area contributed by atoms with E-state index in [9.17, 15) is 9.59 Å². The van der Waals surface area contributed by atoms with Gasteiger partial charge in [0.25, 0.3) is 0 Å². The second-order valence-corrected chi connectivity index (χ2v) is 4.16. The molecule has 2 atom stereocenters. The SMILES string of the molecule is CCCCOC(=O)C(CN=C(N)N)C[C@H](N)C(=O)O. The van der Waals surface area contributed by atoms with Crippen LogP contribution in [0.3, 0.4) is 0 Å². The average molecular weight is 274 g/mol. The summed E-state index contributed by atoms with van der Waals surface area (Å²) in [6, 6.07) is -1.15. The van der Waals surface area contributed by atoms with Crippen LogP contribution in [0, 0.1) is 5.92 Å². The van der Waals surface area contributed by atoms with E-state index in [2.05, 4.69) is 4.99 Å². The first-order valence-electron chi connectivity index (χ1n) is 6.08. The van der Waals surface area contributed by atoms with Gasteiger partial charge < -0.3 is 27.0 Å². The molecule has 0 radical (unpaired) electrons. The zero-order valence-corrected chi connectivity index (χ0v) is 11.0. The quantitative estimate of drug-likeness (QED) is 0.182. The van der Waals surface area contributed by atoms with Crippen molar-refractivity contribution in [1.29, 1.82) is 0 Å². The van der Waals surface area contributed by atoms with Gasteiger partial charge in [0.1, 0.15) is 6.04 Å². The molecule has 0 fully saturated rings. The largest absolute Gasteiger partial charge is 0.480 e. The van der Waals surface area contributed by atoms with E-state index < -0.39 is 23.9 Å². The Hall–Kier alpha value is -1.83. The van der Waals surface area contributed by atoms with Crippen LogP contribution in [-0.4, -0.2) is 42.2 Å². The van der Waals surface area contributed by atoms with Gasteiger partial charge in [-0.15, -0.1) is 0 Å². The molecule has 1 unspecified atom stereocenters. The summed E-state index contributed by atoms with van der Waals surface area (Å²) in [4.78, 5) is 26.2. The maximum Gasteiger partial charge on any atom is 0.320 e. The predicted molar refractivity (Wildman–Crippen MR) is 70.3 cm³/mol. The second-order valence-electron chi connectivity index (χ2n) is 4.16. The maximum absolute atomic E-state index is 11.8. The van der Waals surface area contributed by atoms with Crippen molar-refractivity contribution in [2.24, 2.45) is 28.1 Å². The van der Waals surface area contributed by atoms with Crippen molar-refractivity contribution >= 4 is 17.9 Å². The van der Waals surface area contributed by atoms with Crippen molar-refractivity contribution in [3.63, 3.8) is 0 Å². The number of nitrogens with two attached hydrogens (primary N) is 3. The molecular formula is C11H22N4O4. The number of carboxylic acid groups (broad SMARTS) is 1. The lowest BCUT2D eigenvalue weighted by Crippen LogP contribution is -2.36. The Morgan fingerprint density at radius 2 is 2.00 bits per heavy atom. The lowest BCUT2D eigenvalue weighted by molar-refractivity contribution is -0.149. The van der Waals surface area contributed by atoms with Gasteiger partial charge in [0.05, 0.1) is 19.1 Å². The molecule has 0 heterocycles. The van der Waals surface area contributed by atoms with E-state index in [1.54, 1.807) is 0 Å². The van der Waals surface area contributed by atoms with Gasteiger partial charge in [-0.25, -0.2) is 0 Å². The highest BCUT2D eigenvalue weighted by Crippen LogP contribution is 2.10. The molecule has 0 bridgehead atoms. The standard InChI is InChI=1S/C11H22N4O4/c1-2-3-4-19-10(18)7(6-15-11(13)14)5-8(12)9(16)17/h7-8H,2-6,12H2,1H3,(H,16,17)(H4,13,14,15)/t7?,8-/m0/s1. The van der Waals surface area contributed by atoms with Crippen LogP contribution in [0.25, 0.3) is 0 Å². The fourth-order valence-electron chi connectivity index (χ4n) is 1.30. The van der Waals surface area contributed by atoms with Crippen molar-refractivity contribution in [1.82, 2.24) is 0 Å². The van der Waals surface area contributed by atoms with Gasteiger partial charge in [0.2, 0.25) is 0 Å². The number of esters is 1. The molecule has 8 nitrogen and oxygen atoms in total. The number of rotatable bonds is 9. The summed E-state index contributed by atoms with van der Waals surface area (Å²) in [5, 5.41) is 8.74. The van der Waals surface area contributed by atoms with Crippen molar-refractivity contribution in [2.75, 3.05) is 13.2 Å². The third-order valence-electron chi connectivity index (χ3n) is 2.43. The third-order valence-corrected chi connectivity index (χ3v) is 2.43. The Bertz CT molecular complexity index is 329. The van der Waals surface area contributed by atoms with Gasteiger partial charge in [0, 0.05) is 0 Å². The molecule has 0 saturated carbocycles. The van der Waals surface area contributed by atoms with Crippen molar-refractivity contribution < 1.29 is 19.4 Å². The number of carbonyl (C=O) groups is 2. The Kier molecular flexibility index (Phi) is 8.27. The van der Waals surface area contributed by atoms with Crippen molar-refractivity contribution in [3.8, 4) is 0 Å². The van der Waals surface area contributed by atoms with Crippen LogP contribution in [0.5, 0.6) is 0 Å². The second kappa shape index (κ2) is 9.15. The molecule has 7 N–H and O–H groups in total. The van der Waals surface area contributed by atoms with Crippen LogP contribution in [0.15, 0.2) is 4.99 Å². The summed E-state index contributed by atoms with van der Waals surface area (Å²) in [6.07, 6.45) is 1.56. The molecule has 0 aliphatic rings. The van der Waals surface area contributed by atoms with E-state index in [1.165, 1.54) is 0 Å². The number of guanidine groups is 1. The molecule has 0 aromatic rings. The molecule has 0 aliphatic carbocycles. The van der Waals surface area contributed by atoms with E-state index in [1.807, 2.05) is 6.92 Å². The minimum atomic E-state index is -1.18. The highest BCUT2D eigenvalue weighted by atomic mass is 16.5. The molecule has 0 amide bonds. The summed E-state index contributed by atoms with van der Waals surface area (Å²) in [5.74, 6) is -2.65. The Labute approximate surface area is 112 Å². The van der Waals surface area contributed by atoms with Crippen LogP contribution in [0.2, 0.25) is 0 Å². The molecule has 110 valence electrons. The fraction of sp³-hybridized carbons (Fsp3) is 0.727. The zero-order chi connectivity index (χ0) is 14.8. The number of hydrogen-bond donors (Lipinski definition) is 4. The highest BCUT2D eigenvalue weighted by Gasteiger charge is 2.25. The third kappa shape index (κ3) is 7.98. The number of ether oxygens (including phenoxy) is 1. The van der Waals surface area contributed by atoms with E-state index in [0.29, 0.717) is 0 Å². The molecular weight excluding hydrogens is 252 g/mol. The van der Waals surface area contributed by atoms with Gasteiger partial charge in [-0.1, -0.05) is 13.3 Å². The lowest BCUT2D eigenvalue weighted by atomic mass is 10.0. The smallest absolute Gasteiger partial charge is 0.320 e. The van der Waals surface area contributed by atoms with Crippen LogP contribution >= 0.6 is 0 Å². The minimum Gasteiger partial charge on any atom is -0.480 e. The fourth-order valence-corrected chi connectivity index (χ4v) is 1.30. The molecule has 0 rings (SSSR count). The maximum atomic E-state index is 11.8. The van der Waals surface area contributed by atoms with Gasteiger partial charge in [0.15, 0.2) is 5.96 Å².